The van der Waals surface area contributed by atoms with Crippen LogP contribution in [0.2, 0.25) is 0 Å². The van der Waals surface area contributed by atoms with E-state index in [-0.39, 0.29) is 29.0 Å². The summed E-state index contributed by atoms with van der Waals surface area (Å²) in [5.74, 6) is -2.69. The minimum atomic E-state index is -1.15. The van der Waals surface area contributed by atoms with Gasteiger partial charge in [-0.1, -0.05) is 0 Å². The molecule has 0 bridgehead atoms. The lowest BCUT2D eigenvalue weighted by atomic mass is 10.1. The van der Waals surface area contributed by atoms with Gasteiger partial charge in [0.2, 0.25) is 0 Å². The molecule has 0 aliphatic carbocycles. The SMILES string of the molecule is N.N.O=C(O)c1ccc2c(c1)C(=O)OC2=O. The average Bonchev–Trinajstić information content (AvgIpc) is 2.42. The maximum atomic E-state index is 11.0. The Bertz CT molecular complexity index is 469. The van der Waals surface area contributed by atoms with Crippen LogP contribution in [-0.2, 0) is 4.74 Å². The summed E-state index contributed by atoms with van der Waals surface area (Å²) >= 11 is 0. The van der Waals surface area contributed by atoms with Crippen molar-refractivity contribution in [3.05, 3.63) is 34.9 Å². The molecule has 1 aliphatic rings. The van der Waals surface area contributed by atoms with Crippen LogP contribution >= 0.6 is 0 Å². The van der Waals surface area contributed by atoms with Crippen LogP contribution in [0.1, 0.15) is 31.1 Å². The van der Waals surface area contributed by atoms with Gasteiger partial charge in [-0.3, -0.25) is 0 Å². The van der Waals surface area contributed by atoms with E-state index in [0.29, 0.717) is 0 Å². The van der Waals surface area contributed by atoms with Gasteiger partial charge < -0.3 is 22.1 Å². The van der Waals surface area contributed by atoms with Crippen LogP contribution in [0.5, 0.6) is 0 Å². The number of fused-ring (bicyclic) bond motifs is 1. The molecule has 0 spiro atoms. The Morgan fingerprint density at radius 2 is 1.62 bits per heavy atom. The number of hydrogen-bond acceptors (Lipinski definition) is 6. The molecule has 0 saturated heterocycles. The molecular formula is C9H10N2O5. The first-order chi connectivity index (χ1) is 6.59. The van der Waals surface area contributed by atoms with Gasteiger partial charge in [0.25, 0.3) is 0 Å². The standard InChI is InChI=1S/C9H4O5.2H3N/c10-7(11)4-1-2-5-6(3-4)9(13)14-8(5)12;;/h1-3H,(H,10,11);2*1H3. The molecule has 0 fully saturated rings. The van der Waals surface area contributed by atoms with Crippen molar-refractivity contribution in [2.45, 2.75) is 0 Å². The fraction of sp³-hybridized carbons (Fsp3) is 0. The first kappa shape index (κ1) is 13.8. The van der Waals surface area contributed by atoms with E-state index in [0.717, 1.165) is 6.07 Å². The first-order valence-corrected chi connectivity index (χ1v) is 3.73. The number of carbonyl (C=O) groups excluding carboxylic acids is 2. The van der Waals surface area contributed by atoms with Gasteiger partial charge in [0.15, 0.2) is 0 Å². The molecule has 16 heavy (non-hydrogen) atoms. The monoisotopic (exact) mass is 226 g/mol. The minimum absolute atomic E-state index is 0. The summed E-state index contributed by atoms with van der Waals surface area (Å²) in [6.07, 6.45) is 0. The Balaban J connectivity index is 0.00000112. The normalized spacial score (nSPS) is 12.0. The van der Waals surface area contributed by atoms with Crippen LogP contribution in [-0.4, -0.2) is 23.0 Å². The zero-order chi connectivity index (χ0) is 10.3. The third-order valence-corrected chi connectivity index (χ3v) is 1.89. The number of carboxylic acid groups (broad SMARTS) is 1. The topological polar surface area (TPSA) is 151 Å². The molecule has 7 nitrogen and oxygen atoms in total. The van der Waals surface area contributed by atoms with Crippen molar-refractivity contribution in [2.75, 3.05) is 0 Å². The number of hydrogen-bond donors (Lipinski definition) is 3. The van der Waals surface area contributed by atoms with E-state index < -0.39 is 17.9 Å². The van der Waals surface area contributed by atoms with Gasteiger partial charge in [-0.2, -0.15) is 0 Å². The summed E-state index contributed by atoms with van der Waals surface area (Å²) in [6, 6.07) is 3.65. The molecule has 0 aromatic heterocycles. The van der Waals surface area contributed by atoms with Crippen molar-refractivity contribution in [3.63, 3.8) is 0 Å². The summed E-state index contributed by atoms with van der Waals surface area (Å²) in [6.45, 7) is 0. The van der Waals surface area contributed by atoms with E-state index in [1.807, 2.05) is 0 Å². The van der Waals surface area contributed by atoms with Crippen LogP contribution in [0.15, 0.2) is 18.2 Å². The van der Waals surface area contributed by atoms with Gasteiger partial charge in [-0.25, -0.2) is 14.4 Å². The van der Waals surface area contributed by atoms with E-state index in [4.69, 9.17) is 5.11 Å². The molecule has 1 heterocycles. The van der Waals surface area contributed by atoms with Crippen molar-refractivity contribution >= 4 is 17.9 Å². The van der Waals surface area contributed by atoms with E-state index >= 15 is 0 Å². The van der Waals surface area contributed by atoms with Crippen LogP contribution in [0.25, 0.3) is 0 Å². The molecular weight excluding hydrogens is 216 g/mol. The first-order valence-electron chi connectivity index (χ1n) is 3.73. The molecule has 0 unspecified atom stereocenters. The molecule has 0 saturated carbocycles. The van der Waals surface area contributed by atoms with Gasteiger partial charge in [0.05, 0.1) is 16.7 Å². The Labute approximate surface area is 90.2 Å². The number of carbonyl (C=O) groups is 3. The summed E-state index contributed by atoms with van der Waals surface area (Å²) in [4.78, 5) is 32.5. The molecule has 1 aromatic rings. The number of benzene rings is 1. The Morgan fingerprint density at radius 1 is 1.06 bits per heavy atom. The van der Waals surface area contributed by atoms with Gasteiger partial charge in [-0.05, 0) is 18.2 Å². The second-order valence-corrected chi connectivity index (χ2v) is 2.74. The molecule has 7 N–H and O–H groups in total. The van der Waals surface area contributed by atoms with Gasteiger partial charge in [-0.15, -0.1) is 0 Å². The number of carboxylic acids is 1. The highest BCUT2D eigenvalue weighted by Gasteiger charge is 2.30. The van der Waals surface area contributed by atoms with Crippen molar-refractivity contribution in [3.8, 4) is 0 Å². The third kappa shape index (κ3) is 1.90. The molecule has 1 aromatic carbocycles. The lowest BCUT2D eigenvalue weighted by Gasteiger charge is -1.94. The summed E-state index contributed by atoms with van der Waals surface area (Å²) in [5, 5.41) is 8.63. The van der Waals surface area contributed by atoms with Gasteiger partial charge in [0, 0.05) is 0 Å². The predicted octanol–water partition coefficient (Wildman–Crippen LogP) is 1.02. The molecule has 86 valence electrons. The highest BCUT2D eigenvalue weighted by Crippen LogP contribution is 2.20. The lowest BCUT2D eigenvalue weighted by Crippen LogP contribution is -2.00. The second kappa shape index (κ2) is 4.51. The molecule has 0 radical (unpaired) electrons. The van der Waals surface area contributed by atoms with E-state index in [2.05, 4.69) is 4.74 Å². The number of esters is 2. The summed E-state index contributed by atoms with van der Waals surface area (Å²) in [5.41, 5.74) is 0.0744. The maximum Gasteiger partial charge on any atom is 0.346 e. The van der Waals surface area contributed by atoms with Crippen LogP contribution in [0, 0.1) is 0 Å². The third-order valence-electron chi connectivity index (χ3n) is 1.89. The lowest BCUT2D eigenvalue weighted by molar-refractivity contribution is 0.0443. The predicted molar refractivity (Wildman–Crippen MR) is 53.2 cm³/mol. The van der Waals surface area contributed by atoms with Gasteiger partial charge >= 0.3 is 17.9 Å². The van der Waals surface area contributed by atoms with Crippen molar-refractivity contribution < 1.29 is 24.2 Å². The van der Waals surface area contributed by atoms with E-state index in [9.17, 15) is 14.4 Å². The van der Waals surface area contributed by atoms with E-state index in [1.165, 1.54) is 12.1 Å². The Kier molecular flexibility index (Phi) is 3.88. The van der Waals surface area contributed by atoms with Crippen LogP contribution in [0.3, 0.4) is 0 Å². The van der Waals surface area contributed by atoms with Crippen molar-refractivity contribution in [1.29, 1.82) is 0 Å². The number of rotatable bonds is 1. The summed E-state index contributed by atoms with van der Waals surface area (Å²) < 4.78 is 4.30. The number of aromatic carboxylic acids is 1. The average molecular weight is 226 g/mol. The second-order valence-electron chi connectivity index (χ2n) is 2.74. The van der Waals surface area contributed by atoms with Gasteiger partial charge in [0.1, 0.15) is 0 Å². The Hall–Kier alpha value is -2.25. The molecule has 7 heteroatoms. The number of ether oxygens (including phenoxy) is 1. The van der Waals surface area contributed by atoms with Crippen molar-refractivity contribution in [1.82, 2.24) is 12.3 Å². The zero-order valence-corrected chi connectivity index (χ0v) is 8.23. The quantitative estimate of drug-likeness (QED) is 0.477. The summed E-state index contributed by atoms with van der Waals surface area (Å²) in [7, 11) is 0. The van der Waals surface area contributed by atoms with E-state index in [1.54, 1.807) is 0 Å². The molecule has 1 aliphatic heterocycles. The minimum Gasteiger partial charge on any atom is -0.478 e. The van der Waals surface area contributed by atoms with Crippen LogP contribution < -0.4 is 12.3 Å². The highest BCUT2D eigenvalue weighted by atomic mass is 16.6. The highest BCUT2D eigenvalue weighted by molar-refractivity contribution is 6.15. The Morgan fingerprint density at radius 3 is 2.19 bits per heavy atom. The largest absolute Gasteiger partial charge is 0.478 e. The molecule has 2 rings (SSSR count). The smallest absolute Gasteiger partial charge is 0.346 e. The fourth-order valence-corrected chi connectivity index (χ4v) is 1.22. The van der Waals surface area contributed by atoms with Crippen molar-refractivity contribution in [2.24, 2.45) is 0 Å². The molecule has 0 atom stereocenters. The zero-order valence-electron chi connectivity index (χ0n) is 8.23. The molecule has 0 amide bonds. The van der Waals surface area contributed by atoms with Crippen LogP contribution in [0.4, 0.5) is 0 Å². The number of cyclic esters (lactones) is 2. The fourth-order valence-electron chi connectivity index (χ4n) is 1.22. The maximum absolute atomic E-state index is 11.0.